The number of hydrogen-bond acceptors (Lipinski definition) is 4. The van der Waals surface area contributed by atoms with Gasteiger partial charge in [0.2, 0.25) is 0 Å². The molecule has 1 aromatic heterocycles. The van der Waals surface area contributed by atoms with Gasteiger partial charge in [-0.05, 0) is 75.2 Å². The lowest BCUT2D eigenvalue weighted by molar-refractivity contribution is -0.148. The van der Waals surface area contributed by atoms with Crippen molar-refractivity contribution in [1.82, 2.24) is 9.88 Å². The Morgan fingerprint density at radius 1 is 1.20 bits per heavy atom. The summed E-state index contributed by atoms with van der Waals surface area (Å²) in [6.45, 7) is 6.65. The molecule has 5 heteroatoms. The number of carboxylic acid groups (broad SMARTS) is 1. The smallest absolute Gasteiger partial charge is 0.323 e. The monoisotopic (exact) mass is 342 g/mol. The van der Waals surface area contributed by atoms with E-state index in [4.69, 9.17) is 4.74 Å². The van der Waals surface area contributed by atoms with E-state index in [1.54, 1.807) is 26.2 Å². The number of nitrogens with zero attached hydrogens (tertiary/aromatic N) is 2. The number of hydrogen-bond donors (Lipinski definition) is 1. The van der Waals surface area contributed by atoms with Crippen LogP contribution in [0.1, 0.15) is 25.8 Å². The SMILES string of the molecule is Cc1cc(-c2ccncc2)ccc1OCCCN(C)C(C)(C)C(=O)O. The van der Waals surface area contributed by atoms with Gasteiger partial charge in [-0.15, -0.1) is 0 Å². The number of carbonyl (C=O) groups is 1. The molecule has 5 nitrogen and oxygen atoms in total. The van der Waals surface area contributed by atoms with E-state index >= 15 is 0 Å². The largest absolute Gasteiger partial charge is 0.493 e. The number of aromatic nitrogens is 1. The lowest BCUT2D eigenvalue weighted by atomic mass is 10.0. The number of likely N-dealkylation sites (N-methyl/N-ethyl adjacent to an activating group) is 1. The minimum absolute atomic E-state index is 0.551. The van der Waals surface area contributed by atoms with Crippen molar-refractivity contribution in [2.45, 2.75) is 32.7 Å². The van der Waals surface area contributed by atoms with Crippen molar-refractivity contribution in [3.05, 3.63) is 48.3 Å². The molecule has 0 aliphatic carbocycles. The van der Waals surface area contributed by atoms with Gasteiger partial charge in [-0.25, -0.2) is 0 Å². The maximum Gasteiger partial charge on any atom is 0.323 e. The molecule has 0 amide bonds. The molecule has 0 aliphatic rings. The molecule has 0 saturated heterocycles. The van der Waals surface area contributed by atoms with E-state index in [0.717, 1.165) is 28.9 Å². The summed E-state index contributed by atoms with van der Waals surface area (Å²) >= 11 is 0. The summed E-state index contributed by atoms with van der Waals surface area (Å²) in [5, 5.41) is 9.23. The van der Waals surface area contributed by atoms with Gasteiger partial charge in [0.05, 0.1) is 6.61 Å². The van der Waals surface area contributed by atoms with Gasteiger partial charge in [0.25, 0.3) is 0 Å². The predicted octanol–water partition coefficient (Wildman–Crippen LogP) is 3.62. The zero-order chi connectivity index (χ0) is 18.4. The van der Waals surface area contributed by atoms with E-state index < -0.39 is 11.5 Å². The molecule has 0 saturated carbocycles. The molecular formula is C20H26N2O3. The molecule has 0 unspecified atom stereocenters. The molecule has 1 heterocycles. The zero-order valence-electron chi connectivity index (χ0n) is 15.3. The van der Waals surface area contributed by atoms with Gasteiger partial charge >= 0.3 is 5.97 Å². The maximum atomic E-state index is 11.2. The number of rotatable bonds is 8. The highest BCUT2D eigenvalue weighted by Gasteiger charge is 2.31. The topological polar surface area (TPSA) is 62.7 Å². The third-order valence-corrected chi connectivity index (χ3v) is 4.56. The number of aliphatic carboxylic acids is 1. The van der Waals surface area contributed by atoms with Crippen LogP contribution in [0.5, 0.6) is 5.75 Å². The average Bonchev–Trinajstić information content (AvgIpc) is 2.60. The second kappa shape index (κ2) is 8.12. The van der Waals surface area contributed by atoms with Crippen LogP contribution < -0.4 is 4.74 Å². The molecule has 0 aliphatic heterocycles. The molecule has 25 heavy (non-hydrogen) atoms. The minimum Gasteiger partial charge on any atom is -0.493 e. The van der Waals surface area contributed by atoms with Crippen LogP contribution in [0.25, 0.3) is 11.1 Å². The first kappa shape index (κ1) is 18.9. The summed E-state index contributed by atoms with van der Waals surface area (Å²) in [5.41, 5.74) is 2.47. The summed E-state index contributed by atoms with van der Waals surface area (Å²) in [5.74, 6) is 0.0383. The average molecular weight is 342 g/mol. The number of carboxylic acids is 1. The molecular weight excluding hydrogens is 316 g/mol. The lowest BCUT2D eigenvalue weighted by Crippen LogP contribution is -2.48. The van der Waals surface area contributed by atoms with Crippen LogP contribution in [0.4, 0.5) is 0 Å². The molecule has 1 aromatic carbocycles. The van der Waals surface area contributed by atoms with Crippen LogP contribution in [0.3, 0.4) is 0 Å². The molecule has 0 spiro atoms. The fourth-order valence-electron chi connectivity index (χ4n) is 2.46. The van der Waals surface area contributed by atoms with Gasteiger partial charge in [-0.3, -0.25) is 14.7 Å². The van der Waals surface area contributed by atoms with Crippen LogP contribution in [0.2, 0.25) is 0 Å². The van der Waals surface area contributed by atoms with Crippen molar-refractivity contribution < 1.29 is 14.6 Å². The van der Waals surface area contributed by atoms with Crippen LogP contribution >= 0.6 is 0 Å². The predicted molar refractivity (Wildman–Crippen MR) is 98.9 cm³/mol. The summed E-state index contributed by atoms with van der Waals surface area (Å²) in [4.78, 5) is 17.1. The Balaban J connectivity index is 1.89. The summed E-state index contributed by atoms with van der Waals surface area (Å²) in [6, 6.07) is 10.1. The Morgan fingerprint density at radius 3 is 2.48 bits per heavy atom. The highest BCUT2D eigenvalue weighted by molar-refractivity contribution is 5.77. The second-order valence-electron chi connectivity index (χ2n) is 6.70. The van der Waals surface area contributed by atoms with Crippen LogP contribution in [0, 0.1) is 6.92 Å². The van der Waals surface area contributed by atoms with E-state index in [9.17, 15) is 9.90 Å². The van der Waals surface area contributed by atoms with Crippen LogP contribution in [-0.2, 0) is 4.79 Å². The molecule has 1 N–H and O–H groups in total. The molecule has 0 radical (unpaired) electrons. The Hall–Kier alpha value is -2.40. The van der Waals surface area contributed by atoms with Crippen LogP contribution in [0.15, 0.2) is 42.7 Å². The standard InChI is InChI=1S/C20H26N2O3/c1-15-14-17(16-8-10-21-11-9-16)6-7-18(15)25-13-5-12-22(4)20(2,3)19(23)24/h6-11,14H,5,12-13H2,1-4H3,(H,23,24). The van der Waals surface area contributed by atoms with Crippen molar-refractivity contribution in [2.75, 3.05) is 20.2 Å². The van der Waals surface area contributed by atoms with Crippen molar-refractivity contribution in [3.63, 3.8) is 0 Å². The normalized spacial score (nSPS) is 11.6. The van der Waals surface area contributed by atoms with Gasteiger partial charge in [0.15, 0.2) is 0 Å². The van der Waals surface area contributed by atoms with Crippen molar-refractivity contribution >= 4 is 5.97 Å². The molecule has 0 fully saturated rings. The Labute approximate surface area is 149 Å². The van der Waals surface area contributed by atoms with E-state index in [1.807, 2.05) is 43.1 Å². The first-order chi connectivity index (χ1) is 11.8. The van der Waals surface area contributed by atoms with Crippen molar-refractivity contribution in [1.29, 1.82) is 0 Å². The fourth-order valence-corrected chi connectivity index (χ4v) is 2.46. The van der Waals surface area contributed by atoms with Gasteiger partial charge in [-0.2, -0.15) is 0 Å². The number of benzene rings is 1. The molecule has 0 bridgehead atoms. The van der Waals surface area contributed by atoms with Crippen molar-refractivity contribution in [3.8, 4) is 16.9 Å². The Morgan fingerprint density at radius 2 is 1.88 bits per heavy atom. The fraction of sp³-hybridized carbons (Fsp3) is 0.400. The number of pyridine rings is 1. The highest BCUT2D eigenvalue weighted by atomic mass is 16.5. The van der Waals surface area contributed by atoms with Gasteiger partial charge in [-0.1, -0.05) is 6.07 Å². The third kappa shape index (κ3) is 4.79. The van der Waals surface area contributed by atoms with Crippen LogP contribution in [-0.4, -0.2) is 46.7 Å². The Bertz CT molecular complexity index is 714. The molecule has 0 atom stereocenters. The third-order valence-electron chi connectivity index (χ3n) is 4.56. The molecule has 2 rings (SSSR count). The first-order valence-electron chi connectivity index (χ1n) is 8.41. The van der Waals surface area contributed by atoms with Gasteiger partial charge in [0, 0.05) is 18.9 Å². The quantitative estimate of drug-likeness (QED) is 0.742. The summed E-state index contributed by atoms with van der Waals surface area (Å²) in [6.07, 6.45) is 4.33. The van der Waals surface area contributed by atoms with E-state index in [-0.39, 0.29) is 0 Å². The number of ether oxygens (including phenoxy) is 1. The lowest BCUT2D eigenvalue weighted by Gasteiger charge is -2.31. The van der Waals surface area contributed by atoms with Gasteiger partial charge in [0.1, 0.15) is 11.3 Å². The number of aryl methyl sites for hydroxylation is 1. The Kier molecular flexibility index (Phi) is 6.15. The van der Waals surface area contributed by atoms with Crippen molar-refractivity contribution in [2.24, 2.45) is 0 Å². The first-order valence-corrected chi connectivity index (χ1v) is 8.41. The minimum atomic E-state index is -0.873. The molecule has 2 aromatic rings. The molecule has 134 valence electrons. The van der Waals surface area contributed by atoms with Gasteiger partial charge < -0.3 is 9.84 Å². The zero-order valence-corrected chi connectivity index (χ0v) is 15.3. The summed E-state index contributed by atoms with van der Waals surface area (Å²) < 4.78 is 5.86. The van der Waals surface area contributed by atoms with E-state index in [2.05, 4.69) is 11.1 Å². The summed E-state index contributed by atoms with van der Waals surface area (Å²) in [7, 11) is 1.82. The second-order valence-corrected chi connectivity index (χ2v) is 6.70. The maximum absolute atomic E-state index is 11.2. The highest BCUT2D eigenvalue weighted by Crippen LogP contribution is 2.26. The van der Waals surface area contributed by atoms with E-state index in [0.29, 0.717) is 13.2 Å². The van der Waals surface area contributed by atoms with E-state index in [1.165, 1.54) is 0 Å².